The third-order valence-electron chi connectivity index (χ3n) is 5.05. The molecular weight excluding hydrogens is 433 g/mol. The van der Waals surface area contributed by atoms with Crippen LogP contribution in [0.3, 0.4) is 0 Å². The highest BCUT2D eigenvalue weighted by molar-refractivity contribution is 6.30. The molecule has 10 heteroatoms. The Labute approximate surface area is 186 Å². The maximum Gasteiger partial charge on any atom is 0.264 e. The molecule has 3 aromatic heterocycles. The van der Waals surface area contributed by atoms with E-state index in [9.17, 15) is 9.18 Å². The van der Waals surface area contributed by atoms with Gasteiger partial charge in [-0.05, 0) is 55.3 Å². The third-order valence-corrected chi connectivity index (χ3v) is 5.34. The molecule has 0 aliphatic rings. The summed E-state index contributed by atoms with van der Waals surface area (Å²) in [5, 5.41) is 12.9. The second-order valence-electron chi connectivity index (χ2n) is 7.57. The van der Waals surface area contributed by atoms with Crippen LogP contribution >= 0.6 is 11.6 Å². The van der Waals surface area contributed by atoms with Crippen LogP contribution in [-0.4, -0.2) is 34.3 Å². The molecule has 0 fully saturated rings. The fourth-order valence-electron chi connectivity index (χ4n) is 3.62. The van der Waals surface area contributed by atoms with E-state index in [0.29, 0.717) is 22.4 Å². The molecule has 3 heterocycles. The van der Waals surface area contributed by atoms with Crippen LogP contribution in [0.4, 0.5) is 4.39 Å². The van der Waals surface area contributed by atoms with Gasteiger partial charge < -0.3 is 0 Å². The summed E-state index contributed by atoms with van der Waals surface area (Å²) in [6.45, 7) is 4.19. The van der Waals surface area contributed by atoms with Crippen LogP contribution in [0.15, 0.2) is 59.9 Å². The highest BCUT2D eigenvalue weighted by atomic mass is 35.5. The highest BCUT2D eigenvalue weighted by Gasteiger charge is 2.14. The van der Waals surface area contributed by atoms with Crippen LogP contribution in [0.2, 0.25) is 5.02 Å². The molecule has 0 aliphatic heterocycles. The van der Waals surface area contributed by atoms with E-state index in [1.807, 2.05) is 26.0 Å². The molecule has 160 valence electrons. The van der Waals surface area contributed by atoms with Gasteiger partial charge in [0.25, 0.3) is 5.56 Å². The molecule has 5 aromatic rings. The van der Waals surface area contributed by atoms with Gasteiger partial charge in [-0.15, -0.1) is 5.10 Å². The molecule has 0 bridgehead atoms. The average Bonchev–Trinajstić information content (AvgIpc) is 3.39. The monoisotopic (exact) mass is 449 g/mol. The molecule has 0 saturated heterocycles. The van der Waals surface area contributed by atoms with Crippen molar-refractivity contribution in [3.8, 4) is 11.4 Å². The van der Waals surface area contributed by atoms with E-state index in [4.69, 9.17) is 11.6 Å². The average molecular weight is 450 g/mol. The van der Waals surface area contributed by atoms with Gasteiger partial charge in [0.05, 0.1) is 35.3 Å². The SMILES string of the molecule is Cc1cc(C)cc(-n2ncc3c(=O)n(Cc4cn(-c5ccc(F)c(Cl)c5)nn4)cnc32)c1. The van der Waals surface area contributed by atoms with Gasteiger partial charge in [-0.25, -0.2) is 18.7 Å². The molecule has 0 amide bonds. The molecule has 5 rings (SSSR count). The molecule has 0 radical (unpaired) electrons. The van der Waals surface area contributed by atoms with Crippen molar-refractivity contribution in [2.24, 2.45) is 0 Å². The van der Waals surface area contributed by atoms with Crippen molar-refractivity contribution in [2.45, 2.75) is 20.4 Å². The molecule has 0 spiro atoms. The molecule has 0 saturated carbocycles. The van der Waals surface area contributed by atoms with Gasteiger partial charge in [-0.3, -0.25) is 9.36 Å². The zero-order chi connectivity index (χ0) is 22.4. The number of hydrogen-bond acceptors (Lipinski definition) is 5. The molecule has 32 heavy (non-hydrogen) atoms. The van der Waals surface area contributed by atoms with Gasteiger partial charge in [0.15, 0.2) is 5.65 Å². The first-order valence-electron chi connectivity index (χ1n) is 9.77. The molecule has 0 aliphatic carbocycles. The second kappa shape index (κ2) is 7.69. The van der Waals surface area contributed by atoms with Gasteiger partial charge in [-0.2, -0.15) is 5.10 Å². The van der Waals surface area contributed by atoms with Crippen molar-refractivity contribution in [3.05, 3.63) is 93.1 Å². The lowest BCUT2D eigenvalue weighted by Gasteiger charge is -2.07. The number of benzene rings is 2. The molecule has 0 unspecified atom stereocenters. The number of rotatable bonds is 4. The van der Waals surface area contributed by atoms with Gasteiger partial charge in [-0.1, -0.05) is 22.9 Å². The summed E-state index contributed by atoms with van der Waals surface area (Å²) in [5.41, 5.74) is 4.40. The van der Waals surface area contributed by atoms with Gasteiger partial charge >= 0.3 is 0 Å². The number of nitrogens with zero attached hydrogens (tertiary/aromatic N) is 7. The summed E-state index contributed by atoms with van der Waals surface area (Å²) in [6, 6.07) is 10.3. The zero-order valence-corrected chi connectivity index (χ0v) is 18.0. The summed E-state index contributed by atoms with van der Waals surface area (Å²) < 4.78 is 18.0. The van der Waals surface area contributed by atoms with Crippen LogP contribution in [0.25, 0.3) is 22.4 Å². The smallest absolute Gasteiger partial charge is 0.264 e. The Morgan fingerprint density at radius 2 is 1.84 bits per heavy atom. The molecule has 8 nitrogen and oxygen atoms in total. The first-order chi connectivity index (χ1) is 15.4. The lowest BCUT2D eigenvalue weighted by Crippen LogP contribution is -2.21. The largest absolute Gasteiger partial charge is 0.292 e. The maximum atomic E-state index is 13.4. The van der Waals surface area contributed by atoms with E-state index in [1.54, 1.807) is 16.9 Å². The van der Waals surface area contributed by atoms with E-state index < -0.39 is 5.82 Å². The Morgan fingerprint density at radius 1 is 1.06 bits per heavy atom. The van der Waals surface area contributed by atoms with Crippen molar-refractivity contribution < 1.29 is 4.39 Å². The number of hydrogen-bond donors (Lipinski definition) is 0. The predicted octanol–water partition coefficient (Wildman–Crippen LogP) is 3.62. The highest BCUT2D eigenvalue weighted by Crippen LogP contribution is 2.19. The van der Waals surface area contributed by atoms with Crippen LogP contribution in [-0.2, 0) is 6.54 Å². The molecule has 0 N–H and O–H groups in total. The Morgan fingerprint density at radius 3 is 2.59 bits per heavy atom. The summed E-state index contributed by atoms with van der Waals surface area (Å²) in [5.74, 6) is -0.511. The van der Waals surface area contributed by atoms with E-state index in [1.165, 1.54) is 33.9 Å². The lowest BCUT2D eigenvalue weighted by atomic mass is 10.1. The lowest BCUT2D eigenvalue weighted by molar-refractivity contribution is 0.627. The number of aryl methyl sites for hydroxylation is 2. The van der Waals surface area contributed by atoms with Gasteiger partial charge in [0, 0.05) is 0 Å². The Kier molecular flexibility index (Phi) is 4.82. The van der Waals surface area contributed by atoms with Gasteiger partial charge in [0.2, 0.25) is 0 Å². The normalized spacial score (nSPS) is 11.4. The van der Waals surface area contributed by atoms with Crippen molar-refractivity contribution in [3.63, 3.8) is 0 Å². The first kappa shape index (κ1) is 20.1. The summed E-state index contributed by atoms with van der Waals surface area (Å²) in [4.78, 5) is 17.5. The van der Waals surface area contributed by atoms with E-state index in [2.05, 4.69) is 26.5 Å². The van der Waals surface area contributed by atoms with Crippen LogP contribution in [0, 0.1) is 19.7 Å². The number of fused-ring (bicyclic) bond motifs is 1. The van der Waals surface area contributed by atoms with Crippen molar-refractivity contribution >= 4 is 22.6 Å². The van der Waals surface area contributed by atoms with E-state index >= 15 is 0 Å². The molecular formula is C22H17ClFN7O. The summed E-state index contributed by atoms with van der Waals surface area (Å²) >= 11 is 5.84. The summed E-state index contributed by atoms with van der Waals surface area (Å²) in [7, 11) is 0. The van der Waals surface area contributed by atoms with E-state index in [0.717, 1.165) is 16.8 Å². The van der Waals surface area contributed by atoms with Crippen LogP contribution < -0.4 is 5.56 Å². The molecule has 2 aromatic carbocycles. The summed E-state index contributed by atoms with van der Waals surface area (Å²) in [6.07, 6.45) is 4.65. The first-order valence-corrected chi connectivity index (χ1v) is 10.2. The quantitative estimate of drug-likeness (QED) is 0.418. The van der Waals surface area contributed by atoms with Crippen molar-refractivity contribution in [1.82, 2.24) is 34.3 Å². The van der Waals surface area contributed by atoms with Crippen LogP contribution in [0.1, 0.15) is 16.8 Å². The Hall–Kier alpha value is -3.85. The number of halogens is 2. The minimum atomic E-state index is -0.511. The van der Waals surface area contributed by atoms with Crippen molar-refractivity contribution in [1.29, 1.82) is 0 Å². The van der Waals surface area contributed by atoms with Crippen LogP contribution in [0.5, 0.6) is 0 Å². The Balaban J connectivity index is 1.47. The maximum absolute atomic E-state index is 13.4. The molecule has 0 atom stereocenters. The minimum Gasteiger partial charge on any atom is -0.292 e. The Bertz CT molecular complexity index is 1520. The standard InChI is InChI=1S/C22H17ClFN7O/c1-13-5-14(2)7-17(6-13)31-21-18(9-26-31)22(32)29(12-25-21)10-15-11-30(28-27-15)16-3-4-20(24)19(23)8-16/h3-9,11-12H,10H2,1-2H3. The fraction of sp³-hybridized carbons (Fsp3) is 0.136. The number of aromatic nitrogens is 7. The third kappa shape index (κ3) is 3.56. The minimum absolute atomic E-state index is 0.00811. The van der Waals surface area contributed by atoms with E-state index in [-0.39, 0.29) is 17.1 Å². The van der Waals surface area contributed by atoms with Gasteiger partial charge in [0.1, 0.15) is 23.2 Å². The second-order valence-corrected chi connectivity index (χ2v) is 7.98. The predicted molar refractivity (Wildman–Crippen MR) is 118 cm³/mol. The fourth-order valence-corrected chi connectivity index (χ4v) is 3.80. The van der Waals surface area contributed by atoms with Crippen molar-refractivity contribution in [2.75, 3.05) is 0 Å². The topological polar surface area (TPSA) is 83.4 Å². The zero-order valence-electron chi connectivity index (χ0n) is 17.2.